The van der Waals surface area contributed by atoms with Gasteiger partial charge < -0.3 is 15.2 Å². The van der Waals surface area contributed by atoms with E-state index in [2.05, 4.69) is 0 Å². The minimum Gasteiger partial charge on any atom is -0.490 e. The van der Waals surface area contributed by atoms with Crippen LogP contribution in [-0.2, 0) is 4.74 Å². The summed E-state index contributed by atoms with van der Waals surface area (Å²) < 4.78 is 25.9. The van der Waals surface area contributed by atoms with Crippen molar-refractivity contribution >= 4 is 11.8 Å². The van der Waals surface area contributed by atoms with E-state index >= 15 is 0 Å². The lowest BCUT2D eigenvalue weighted by Crippen LogP contribution is -2.43. The summed E-state index contributed by atoms with van der Waals surface area (Å²) in [6.07, 6.45) is 2.97. The zero-order valence-electron chi connectivity index (χ0n) is 12.3. The first-order chi connectivity index (χ1) is 10.1. The smallest absolute Gasteiger partial charge is 0.131 e. The standard InChI is InChI=1S/C16H22FNO2S/c1-11(18)14-3-2-12(8-15(14)17)20-13-4-6-19-16(9-13)5-7-21-10-16/h2-3,8,11,13H,4-7,9-10,18H2,1H3/t11-,13?,16?/m0/s1. The third-order valence-corrected chi connectivity index (χ3v) is 5.50. The molecule has 2 heterocycles. The lowest BCUT2D eigenvalue weighted by atomic mass is 9.91. The number of benzene rings is 1. The maximum absolute atomic E-state index is 14.0. The Morgan fingerprint density at radius 1 is 1.52 bits per heavy atom. The first-order valence-electron chi connectivity index (χ1n) is 7.51. The quantitative estimate of drug-likeness (QED) is 0.930. The zero-order valence-corrected chi connectivity index (χ0v) is 13.1. The first kappa shape index (κ1) is 15.1. The van der Waals surface area contributed by atoms with Gasteiger partial charge in [-0.15, -0.1) is 0 Å². The summed E-state index contributed by atoms with van der Waals surface area (Å²) in [7, 11) is 0. The Kier molecular flexibility index (Phi) is 4.43. The third-order valence-electron chi connectivity index (χ3n) is 4.28. The highest BCUT2D eigenvalue weighted by Crippen LogP contribution is 2.39. The molecule has 0 radical (unpaired) electrons. The second kappa shape index (κ2) is 6.15. The number of hydrogen-bond acceptors (Lipinski definition) is 4. The highest BCUT2D eigenvalue weighted by atomic mass is 32.2. The summed E-state index contributed by atoms with van der Waals surface area (Å²) >= 11 is 1.94. The van der Waals surface area contributed by atoms with Crippen molar-refractivity contribution in [2.24, 2.45) is 5.73 Å². The monoisotopic (exact) mass is 311 g/mol. The fraction of sp³-hybridized carbons (Fsp3) is 0.625. The molecular formula is C16H22FNO2S. The number of hydrogen-bond donors (Lipinski definition) is 1. The molecule has 2 aliphatic rings. The van der Waals surface area contributed by atoms with Crippen LogP contribution in [-0.4, -0.2) is 29.8 Å². The number of halogens is 1. The molecule has 0 aromatic heterocycles. The Balaban J connectivity index is 1.67. The van der Waals surface area contributed by atoms with Crippen molar-refractivity contribution in [3.63, 3.8) is 0 Å². The number of thioether (sulfide) groups is 1. The Labute approximate surface area is 129 Å². The molecule has 5 heteroatoms. The van der Waals surface area contributed by atoms with Gasteiger partial charge in [-0.05, 0) is 25.2 Å². The van der Waals surface area contributed by atoms with Gasteiger partial charge in [0.1, 0.15) is 17.7 Å². The largest absolute Gasteiger partial charge is 0.490 e. The Morgan fingerprint density at radius 2 is 2.38 bits per heavy atom. The van der Waals surface area contributed by atoms with Crippen LogP contribution in [0.25, 0.3) is 0 Å². The average Bonchev–Trinajstić information content (AvgIpc) is 2.86. The SMILES string of the molecule is C[C@H](N)c1ccc(OC2CCOC3(CCSC3)C2)cc1F. The second-order valence-corrected chi connectivity index (χ2v) is 7.14. The highest BCUT2D eigenvalue weighted by Gasteiger charge is 2.41. The molecule has 0 saturated carbocycles. The molecule has 116 valence electrons. The van der Waals surface area contributed by atoms with Gasteiger partial charge in [-0.3, -0.25) is 0 Å². The molecule has 21 heavy (non-hydrogen) atoms. The molecule has 2 aliphatic heterocycles. The topological polar surface area (TPSA) is 44.5 Å². The number of rotatable bonds is 3. The second-order valence-electron chi connectivity index (χ2n) is 6.04. The first-order valence-corrected chi connectivity index (χ1v) is 8.67. The van der Waals surface area contributed by atoms with E-state index in [1.165, 1.54) is 6.07 Å². The van der Waals surface area contributed by atoms with Gasteiger partial charge in [0.05, 0.1) is 12.2 Å². The van der Waals surface area contributed by atoms with E-state index in [0.717, 1.165) is 37.4 Å². The molecule has 2 fully saturated rings. The Morgan fingerprint density at radius 3 is 3.05 bits per heavy atom. The normalized spacial score (nSPS) is 30.5. The average molecular weight is 311 g/mol. The van der Waals surface area contributed by atoms with Crippen molar-refractivity contribution in [3.8, 4) is 5.75 Å². The molecule has 3 rings (SSSR count). The van der Waals surface area contributed by atoms with Crippen LogP contribution < -0.4 is 10.5 Å². The molecule has 1 spiro atoms. The van der Waals surface area contributed by atoms with E-state index in [0.29, 0.717) is 11.3 Å². The highest BCUT2D eigenvalue weighted by molar-refractivity contribution is 7.99. The van der Waals surface area contributed by atoms with Crippen LogP contribution in [0.3, 0.4) is 0 Å². The summed E-state index contributed by atoms with van der Waals surface area (Å²) in [5.41, 5.74) is 6.24. The van der Waals surface area contributed by atoms with Crippen molar-refractivity contribution < 1.29 is 13.9 Å². The van der Waals surface area contributed by atoms with Crippen LogP contribution in [0.4, 0.5) is 4.39 Å². The molecule has 1 aromatic rings. The molecule has 2 N–H and O–H groups in total. The van der Waals surface area contributed by atoms with E-state index in [4.69, 9.17) is 15.2 Å². The fourth-order valence-electron chi connectivity index (χ4n) is 3.09. The molecule has 2 unspecified atom stereocenters. The minimum atomic E-state index is -0.305. The van der Waals surface area contributed by atoms with Gasteiger partial charge in [-0.1, -0.05) is 6.07 Å². The predicted octanol–water partition coefficient (Wildman–Crippen LogP) is 3.28. The third kappa shape index (κ3) is 3.35. The van der Waals surface area contributed by atoms with Crippen LogP contribution in [0, 0.1) is 5.82 Å². The predicted molar refractivity (Wildman–Crippen MR) is 83.3 cm³/mol. The van der Waals surface area contributed by atoms with Crippen LogP contribution >= 0.6 is 11.8 Å². The van der Waals surface area contributed by atoms with Crippen LogP contribution in [0.1, 0.15) is 37.8 Å². The van der Waals surface area contributed by atoms with Gasteiger partial charge in [0.15, 0.2) is 0 Å². The maximum atomic E-state index is 14.0. The van der Waals surface area contributed by atoms with Gasteiger partial charge in [-0.2, -0.15) is 11.8 Å². The van der Waals surface area contributed by atoms with Crippen LogP contribution in [0.5, 0.6) is 5.75 Å². The fourth-order valence-corrected chi connectivity index (χ4v) is 4.47. The van der Waals surface area contributed by atoms with Crippen molar-refractivity contribution in [2.75, 3.05) is 18.1 Å². The van der Waals surface area contributed by atoms with E-state index < -0.39 is 0 Å². The molecule has 3 nitrogen and oxygen atoms in total. The summed E-state index contributed by atoms with van der Waals surface area (Å²) in [4.78, 5) is 0. The summed E-state index contributed by atoms with van der Waals surface area (Å²) in [5.74, 6) is 2.50. The molecule has 0 amide bonds. The molecule has 3 atom stereocenters. The molecule has 0 bridgehead atoms. The van der Waals surface area contributed by atoms with Crippen molar-refractivity contribution in [1.29, 1.82) is 0 Å². The van der Waals surface area contributed by atoms with Gasteiger partial charge in [0.2, 0.25) is 0 Å². The van der Waals surface area contributed by atoms with E-state index in [1.807, 2.05) is 17.8 Å². The van der Waals surface area contributed by atoms with E-state index in [-0.39, 0.29) is 23.6 Å². The van der Waals surface area contributed by atoms with Gasteiger partial charge in [0, 0.05) is 36.3 Å². The number of ether oxygens (including phenoxy) is 2. The summed E-state index contributed by atoms with van der Waals surface area (Å²) in [6.45, 7) is 2.50. The van der Waals surface area contributed by atoms with Gasteiger partial charge in [0.25, 0.3) is 0 Å². The maximum Gasteiger partial charge on any atom is 0.131 e. The Bertz CT molecular complexity index is 503. The van der Waals surface area contributed by atoms with Crippen molar-refractivity contribution in [2.45, 2.75) is 43.9 Å². The zero-order chi connectivity index (χ0) is 14.9. The molecule has 0 aliphatic carbocycles. The van der Waals surface area contributed by atoms with Crippen LogP contribution in [0.2, 0.25) is 0 Å². The van der Waals surface area contributed by atoms with Crippen molar-refractivity contribution in [3.05, 3.63) is 29.6 Å². The van der Waals surface area contributed by atoms with Gasteiger partial charge in [-0.25, -0.2) is 4.39 Å². The minimum absolute atomic E-state index is 0.0160. The van der Waals surface area contributed by atoms with Crippen molar-refractivity contribution in [1.82, 2.24) is 0 Å². The lowest BCUT2D eigenvalue weighted by Gasteiger charge is -2.37. The lowest BCUT2D eigenvalue weighted by molar-refractivity contribution is -0.0959. The summed E-state index contributed by atoms with van der Waals surface area (Å²) in [6, 6.07) is 4.67. The Hall–Kier alpha value is -0.780. The molecule has 1 aromatic carbocycles. The molecular weight excluding hydrogens is 289 g/mol. The van der Waals surface area contributed by atoms with Crippen LogP contribution in [0.15, 0.2) is 18.2 Å². The summed E-state index contributed by atoms with van der Waals surface area (Å²) in [5, 5.41) is 0. The van der Waals surface area contributed by atoms with E-state index in [9.17, 15) is 4.39 Å². The van der Waals surface area contributed by atoms with Gasteiger partial charge >= 0.3 is 0 Å². The van der Waals surface area contributed by atoms with E-state index in [1.54, 1.807) is 13.0 Å². The molecule has 2 saturated heterocycles. The number of nitrogens with two attached hydrogens (primary N) is 1.